The molecular weight excluding hydrogens is 230 g/mol. The number of hydrogen-bond donors (Lipinski definition) is 0. The fourth-order valence-corrected chi connectivity index (χ4v) is 1.08. The molecule has 0 aliphatic carbocycles. The number of nitrogens with zero attached hydrogens (tertiary/aromatic N) is 1. The molecule has 0 aromatic carbocycles. The number of halogens is 1. The van der Waals surface area contributed by atoms with Gasteiger partial charge in [-0.25, -0.2) is 4.98 Å². The van der Waals surface area contributed by atoms with E-state index in [4.69, 9.17) is 4.74 Å². The summed E-state index contributed by atoms with van der Waals surface area (Å²) in [7, 11) is 1.62. The van der Waals surface area contributed by atoms with Gasteiger partial charge in [-0.2, -0.15) is 0 Å². The molecule has 1 heterocycles. The highest BCUT2D eigenvalue weighted by Crippen LogP contribution is 2.10. The van der Waals surface area contributed by atoms with Gasteiger partial charge in [0.2, 0.25) is 5.88 Å². The van der Waals surface area contributed by atoms with Crippen LogP contribution in [0.5, 0.6) is 5.88 Å². The van der Waals surface area contributed by atoms with Crippen LogP contribution in [0.2, 0.25) is 0 Å². The second-order valence-corrected chi connectivity index (χ2v) is 3.29. The molecule has 0 saturated heterocycles. The van der Waals surface area contributed by atoms with Crippen molar-refractivity contribution in [3.8, 4) is 5.88 Å². The minimum absolute atomic E-state index is 0.649. The average Bonchev–Trinajstić information content (AvgIpc) is 2.18. The zero-order valence-electron chi connectivity index (χ0n) is 7.75. The molecule has 0 radical (unpaired) electrons. The van der Waals surface area contributed by atoms with Gasteiger partial charge in [-0.05, 0) is 19.1 Å². The molecule has 0 aliphatic rings. The van der Waals surface area contributed by atoms with Crippen molar-refractivity contribution in [1.82, 2.24) is 4.98 Å². The predicted octanol–water partition coefficient (Wildman–Crippen LogP) is 2.89. The number of aromatic nitrogens is 1. The summed E-state index contributed by atoms with van der Waals surface area (Å²) < 4.78 is 5.02. The lowest BCUT2D eigenvalue weighted by Crippen LogP contribution is -1.89. The molecule has 13 heavy (non-hydrogen) atoms. The van der Waals surface area contributed by atoms with Crippen LogP contribution in [0.4, 0.5) is 0 Å². The molecule has 1 aromatic heterocycles. The van der Waals surface area contributed by atoms with Gasteiger partial charge in [0.05, 0.1) is 12.8 Å². The smallest absolute Gasteiger partial charge is 0.213 e. The van der Waals surface area contributed by atoms with E-state index in [1.165, 1.54) is 5.57 Å². The Morgan fingerprint density at radius 3 is 3.00 bits per heavy atom. The van der Waals surface area contributed by atoms with Crippen LogP contribution in [0.25, 0.3) is 6.08 Å². The second kappa shape index (κ2) is 5.02. The molecule has 1 aromatic rings. The van der Waals surface area contributed by atoms with Gasteiger partial charge in [0, 0.05) is 11.4 Å². The van der Waals surface area contributed by atoms with Crippen molar-refractivity contribution in [2.24, 2.45) is 0 Å². The minimum Gasteiger partial charge on any atom is -0.481 e. The molecule has 70 valence electrons. The lowest BCUT2D eigenvalue weighted by Gasteiger charge is -1.99. The van der Waals surface area contributed by atoms with E-state index in [0.29, 0.717) is 5.88 Å². The molecule has 0 saturated carbocycles. The van der Waals surface area contributed by atoms with Crippen molar-refractivity contribution < 1.29 is 4.74 Å². The van der Waals surface area contributed by atoms with Crippen LogP contribution in [-0.2, 0) is 0 Å². The van der Waals surface area contributed by atoms with Crippen molar-refractivity contribution in [2.75, 3.05) is 12.4 Å². The van der Waals surface area contributed by atoms with E-state index in [2.05, 4.69) is 27.8 Å². The molecule has 0 N–H and O–H groups in total. The third kappa shape index (κ3) is 3.19. The quantitative estimate of drug-likeness (QED) is 0.760. The van der Waals surface area contributed by atoms with Gasteiger partial charge in [0.1, 0.15) is 0 Å². The van der Waals surface area contributed by atoms with E-state index in [1.54, 1.807) is 7.11 Å². The molecule has 0 bridgehead atoms. The summed E-state index contributed by atoms with van der Waals surface area (Å²) >= 11 is 3.38. The normalized spacial score (nSPS) is 11.5. The molecule has 0 spiro atoms. The van der Waals surface area contributed by atoms with Gasteiger partial charge in [0.25, 0.3) is 0 Å². The zero-order valence-corrected chi connectivity index (χ0v) is 9.34. The molecule has 0 fully saturated rings. The first-order valence-corrected chi connectivity index (χ1v) is 5.12. The number of alkyl halides is 1. The highest BCUT2D eigenvalue weighted by atomic mass is 79.9. The molecule has 0 atom stereocenters. The molecule has 0 unspecified atom stereocenters. The summed E-state index contributed by atoms with van der Waals surface area (Å²) in [6.45, 7) is 2.05. The fraction of sp³-hybridized carbons (Fsp3) is 0.300. The van der Waals surface area contributed by atoms with E-state index in [0.717, 1.165) is 11.0 Å². The zero-order chi connectivity index (χ0) is 9.68. The maximum atomic E-state index is 5.02. The van der Waals surface area contributed by atoms with Crippen LogP contribution in [-0.4, -0.2) is 17.4 Å². The topological polar surface area (TPSA) is 22.1 Å². The number of rotatable bonds is 3. The first-order valence-electron chi connectivity index (χ1n) is 4.00. The number of allylic oxidation sites excluding steroid dienone is 1. The Bertz CT molecular complexity index is 310. The van der Waals surface area contributed by atoms with E-state index >= 15 is 0 Å². The average molecular weight is 242 g/mol. The van der Waals surface area contributed by atoms with Crippen molar-refractivity contribution in [1.29, 1.82) is 0 Å². The molecule has 1 rings (SSSR count). The third-order valence-electron chi connectivity index (χ3n) is 1.56. The molecule has 2 nitrogen and oxygen atoms in total. The Hall–Kier alpha value is -0.830. The molecular formula is C10H12BrNO. The first-order chi connectivity index (χ1) is 6.26. The third-order valence-corrected chi connectivity index (χ3v) is 2.44. The van der Waals surface area contributed by atoms with Gasteiger partial charge in [-0.3, -0.25) is 0 Å². The van der Waals surface area contributed by atoms with E-state index in [9.17, 15) is 0 Å². The van der Waals surface area contributed by atoms with Gasteiger partial charge in [0.15, 0.2) is 0 Å². The van der Waals surface area contributed by atoms with Crippen LogP contribution in [0, 0.1) is 0 Å². The van der Waals surface area contributed by atoms with Crippen LogP contribution >= 0.6 is 15.9 Å². The summed E-state index contributed by atoms with van der Waals surface area (Å²) in [5.41, 5.74) is 2.16. The van der Waals surface area contributed by atoms with Crippen molar-refractivity contribution in [3.05, 3.63) is 29.5 Å². The Labute approximate surface area is 86.8 Å². The lowest BCUT2D eigenvalue weighted by molar-refractivity contribution is 0.397. The van der Waals surface area contributed by atoms with Gasteiger partial charge in [-0.1, -0.05) is 27.6 Å². The number of pyridine rings is 1. The standard InChI is InChI=1S/C10H12BrNO/c1-8(7-11)6-9-4-3-5-10(12-9)13-2/h3-6H,7H2,1-2H3/b8-6-. The maximum Gasteiger partial charge on any atom is 0.213 e. The van der Waals surface area contributed by atoms with Crippen LogP contribution in [0.1, 0.15) is 12.6 Å². The molecule has 3 heteroatoms. The summed E-state index contributed by atoms with van der Waals surface area (Å²) in [4.78, 5) is 4.26. The summed E-state index contributed by atoms with van der Waals surface area (Å²) in [5, 5.41) is 0.867. The van der Waals surface area contributed by atoms with E-state index in [-0.39, 0.29) is 0 Å². The maximum absolute atomic E-state index is 5.02. The number of hydrogen-bond acceptors (Lipinski definition) is 2. The highest BCUT2D eigenvalue weighted by Gasteiger charge is 1.94. The largest absolute Gasteiger partial charge is 0.481 e. The first kappa shape index (κ1) is 10.3. The molecule has 0 amide bonds. The van der Waals surface area contributed by atoms with Crippen LogP contribution < -0.4 is 4.74 Å². The van der Waals surface area contributed by atoms with Gasteiger partial charge < -0.3 is 4.74 Å². The SMILES string of the molecule is COc1cccc(/C=C(/C)CBr)n1. The summed E-state index contributed by atoms with van der Waals surface area (Å²) in [6.07, 6.45) is 2.03. The monoisotopic (exact) mass is 241 g/mol. The van der Waals surface area contributed by atoms with Gasteiger partial charge >= 0.3 is 0 Å². The van der Waals surface area contributed by atoms with E-state index < -0.39 is 0 Å². The van der Waals surface area contributed by atoms with Crippen molar-refractivity contribution in [3.63, 3.8) is 0 Å². The lowest BCUT2D eigenvalue weighted by atomic mass is 10.2. The van der Waals surface area contributed by atoms with Crippen molar-refractivity contribution in [2.45, 2.75) is 6.92 Å². The predicted molar refractivity (Wildman–Crippen MR) is 58.2 cm³/mol. The Balaban J connectivity index is 2.89. The fourth-order valence-electron chi connectivity index (χ4n) is 0.916. The summed E-state index contributed by atoms with van der Waals surface area (Å²) in [5.74, 6) is 0.649. The Morgan fingerprint density at radius 2 is 2.38 bits per heavy atom. The van der Waals surface area contributed by atoms with E-state index in [1.807, 2.05) is 24.3 Å². The summed E-state index contributed by atoms with van der Waals surface area (Å²) in [6, 6.07) is 5.72. The second-order valence-electron chi connectivity index (χ2n) is 2.73. The number of methoxy groups -OCH3 is 1. The highest BCUT2D eigenvalue weighted by molar-refractivity contribution is 9.09. The Kier molecular flexibility index (Phi) is 3.96. The minimum atomic E-state index is 0.649. The Morgan fingerprint density at radius 1 is 1.62 bits per heavy atom. The van der Waals surface area contributed by atoms with Crippen LogP contribution in [0.15, 0.2) is 23.8 Å². The van der Waals surface area contributed by atoms with Crippen molar-refractivity contribution >= 4 is 22.0 Å². The van der Waals surface area contributed by atoms with Gasteiger partial charge in [-0.15, -0.1) is 0 Å². The number of ether oxygens (including phenoxy) is 1. The molecule has 0 aliphatic heterocycles. The van der Waals surface area contributed by atoms with Crippen LogP contribution in [0.3, 0.4) is 0 Å².